The van der Waals surface area contributed by atoms with Gasteiger partial charge in [0.05, 0.1) is 17.2 Å². The number of hydrogen-bond acceptors (Lipinski definition) is 5. The molecule has 1 N–H and O–H groups in total. The van der Waals surface area contributed by atoms with Crippen LogP contribution in [0.15, 0.2) is 29.9 Å². The quantitative estimate of drug-likeness (QED) is 0.884. The summed E-state index contributed by atoms with van der Waals surface area (Å²) < 4.78 is 0. The fraction of sp³-hybridized carbons (Fsp3) is 0.471. The first-order valence-corrected chi connectivity index (χ1v) is 9.01. The zero-order valence-corrected chi connectivity index (χ0v) is 14.2. The van der Waals surface area contributed by atoms with Crippen molar-refractivity contribution in [2.75, 3.05) is 13.1 Å². The Balaban J connectivity index is 1.69. The first-order chi connectivity index (χ1) is 11.3. The molecule has 6 heteroatoms. The number of likely N-dealkylation sites (tertiary alicyclic amines) is 1. The van der Waals surface area contributed by atoms with E-state index in [-0.39, 0.29) is 11.9 Å². The fourth-order valence-corrected chi connectivity index (χ4v) is 3.68. The summed E-state index contributed by atoms with van der Waals surface area (Å²) >= 11 is 1.65. The maximum absolute atomic E-state index is 12.8. The highest BCUT2D eigenvalue weighted by Gasteiger charge is 2.29. The van der Waals surface area contributed by atoms with Crippen LogP contribution in [0.3, 0.4) is 0 Å². The van der Waals surface area contributed by atoms with Gasteiger partial charge >= 0.3 is 0 Å². The molecular formula is C17H22N4OS. The Kier molecular flexibility index (Phi) is 5.35. The molecule has 2 aromatic heterocycles. The normalized spacial score (nSPS) is 16.4. The van der Waals surface area contributed by atoms with Gasteiger partial charge in [0.15, 0.2) is 0 Å². The number of carbonyl (C=O) groups is 1. The van der Waals surface area contributed by atoms with Crippen molar-refractivity contribution < 1.29 is 4.79 Å². The summed E-state index contributed by atoms with van der Waals surface area (Å²) in [5.74, 6) is 0.0333. The van der Waals surface area contributed by atoms with Crippen molar-refractivity contribution in [1.29, 1.82) is 0 Å². The molecule has 122 valence electrons. The Labute approximate surface area is 140 Å². The molecule has 1 atom stereocenters. The van der Waals surface area contributed by atoms with Gasteiger partial charge in [-0.1, -0.05) is 13.0 Å². The van der Waals surface area contributed by atoms with Crippen molar-refractivity contribution in [3.8, 4) is 0 Å². The maximum atomic E-state index is 12.8. The van der Waals surface area contributed by atoms with Crippen LogP contribution in [0.5, 0.6) is 0 Å². The zero-order chi connectivity index (χ0) is 16.1. The first-order valence-electron chi connectivity index (χ1n) is 8.13. The van der Waals surface area contributed by atoms with Gasteiger partial charge in [-0.25, -0.2) is 4.98 Å². The van der Waals surface area contributed by atoms with Crippen LogP contribution in [-0.4, -0.2) is 33.9 Å². The van der Waals surface area contributed by atoms with Crippen molar-refractivity contribution in [3.63, 3.8) is 0 Å². The van der Waals surface area contributed by atoms with E-state index >= 15 is 0 Å². The van der Waals surface area contributed by atoms with Crippen LogP contribution in [0.4, 0.5) is 0 Å². The SMILES string of the molecule is CCc1nc(CNC(=O)C(c2cccnc2)N2CCCC2)cs1. The third-order valence-corrected chi connectivity index (χ3v) is 5.14. The van der Waals surface area contributed by atoms with Gasteiger partial charge in [-0.15, -0.1) is 11.3 Å². The third-order valence-electron chi connectivity index (χ3n) is 4.10. The average molecular weight is 330 g/mol. The molecule has 0 bridgehead atoms. The Morgan fingerprint density at radius 1 is 1.43 bits per heavy atom. The summed E-state index contributed by atoms with van der Waals surface area (Å²) in [4.78, 5) is 23.7. The topological polar surface area (TPSA) is 58.1 Å². The van der Waals surface area contributed by atoms with Crippen molar-refractivity contribution >= 4 is 17.2 Å². The Morgan fingerprint density at radius 3 is 2.91 bits per heavy atom. The molecule has 5 nitrogen and oxygen atoms in total. The first kappa shape index (κ1) is 16.1. The minimum absolute atomic E-state index is 0.0333. The average Bonchev–Trinajstić information content (AvgIpc) is 3.26. The molecule has 0 aliphatic carbocycles. The third kappa shape index (κ3) is 3.95. The molecule has 0 spiro atoms. The van der Waals surface area contributed by atoms with Crippen LogP contribution >= 0.6 is 11.3 Å². The molecule has 0 saturated carbocycles. The Morgan fingerprint density at radius 2 is 2.26 bits per heavy atom. The van der Waals surface area contributed by atoms with E-state index in [1.165, 1.54) is 0 Å². The standard InChI is InChI=1S/C17H22N4OS/c1-2-15-20-14(12-23-15)11-19-17(22)16(21-8-3-4-9-21)13-6-5-7-18-10-13/h5-7,10,12,16H,2-4,8-9,11H2,1H3,(H,19,22). The highest BCUT2D eigenvalue weighted by atomic mass is 32.1. The second-order valence-corrected chi connectivity index (χ2v) is 6.68. The lowest BCUT2D eigenvalue weighted by Gasteiger charge is -2.26. The van der Waals surface area contributed by atoms with Gasteiger partial charge in [0.25, 0.3) is 0 Å². The van der Waals surface area contributed by atoms with E-state index in [0.29, 0.717) is 6.54 Å². The molecule has 3 rings (SSSR count). The number of pyridine rings is 1. The number of rotatable bonds is 6. The highest BCUT2D eigenvalue weighted by Crippen LogP contribution is 2.25. The van der Waals surface area contributed by atoms with Gasteiger partial charge in [0.2, 0.25) is 5.91 Å². The molecule has 1 amide bonds. The number of nitrogens with zero attached hydrogens (tertiary/aromatic N) is 3. The minimum atomic E-state index is -0.254. The molecule has 0 radical (unpaired) electrons. The van der Waals surface area contributed by atoms with Crippen molar-refractivity contribution in [2.45, 2.75) is 38.8 Å². The maximum Gasteiger partial charge on any atom is 0.242 e. The Hall–Kier alpha value is -1.79. The number of nitrogens with one attached hydrogen (secondary N) is 1. The lowest BCUT2D eigenvalue weighted by atomic mass is 10.1. The van der Waals surface area contributed by atoms with Crippen LogP contribution in [0.2, 0.25) is 0 Å². The molecule has 2 aromatic rings. The smallest absolute Gasteiger partial charge is 0.242 e. The highest BCUT2D eigenvalue weighted by molar-refractivity contribution is 7.09. The van der Waals surface area contributed by atoms with Crippen LogP contribution in [0, 0.1) is 0 Å². The molecule has 1 unspecified atom stereocenters. The van der Waals surface area contributed by atoms with Gasteiger partial charge in [0, 0.05) is 17.8 Å². The lowest BCUT2D eigenvalue weighted by molar-refractivity contribution is -0.126. The van der Waals surface area contributed by atoms with Gasteiger partial charge in [-0.3, -0.25) is 14.7 Å². The van der Waals surface area contributed by atoms with E-state index in [2.05, 4.69) is 27.1 Å². The molecule has 1 fully saturated rings. The molecule has 3 heterocycles. The van der Waals surface area contributed by atoms with Crippen molar-refractivity contribution in [1.82, 2.24) is 20.2 Å². The summed E-state index contributed by atoms with van der Waals surface area (Å²) in [6.07, 6.45) is 6.77. The van der Waals surface area contributed by atoms with E-state index in [4.69, 9.17) is 0 Å². The number of thiazole rings is 1. The molecule has 23 heavy (non-hydrogen) atoms. The molecule has 0 aromatic carbocycles. The van der Waals surface area contributed by atoms with Gasteiger partial charge in [-0.05, 0) is 44.0 Å². The molecule has 1 aliphatic heterocycles. The van der Waals surface area contributed by atoms with E-state index in [1.54, 1.807) is 23.7 Å². The second kappa shape index (κ2) is 7.66. The van der Waals surface area contributed by atoms with Crippen LogP contribution in [0.25, 0.3) is 0 Å². The fourth-order valence-electron chi connectivity index (χ4n) is 2.93. The monoisotopic (exact) mass is 330 g/mol. The number of amides is 1. The van der Waals surface area contributed by atoms with E-state index < -0.39 is 0 Å². The second-order valence-electron chi connectivity index (χ2n) is 5.74. The predicted molar refractivity (Wildman–Crippen MR) is 91.1 cm³/mol. The lowest BCUT2D eigenvalue weighted by Crippen LogP contribution is -2.39. The summed E-state index contributed by atoms with van der Waals surface area (Å²) in [6.45, 7) is 4.50. The number of carbonyl (C=O) groups excluding carboxylic acids is 1. The van der Waals surface area contributed by atoms with E-state index in [0.717, 1.165) is 48.6 Å². The molecule has 1 aliphatic rings. The van der Waals surface area contributed by atoms with Crippen LogP contribution in [-0.2, 0) is 17.8 Å². The number of hydrogen-bond donors (Lipinski definition) is 1. The summed E-state index contributed by atoms with van der Waals surface area (Å²) in [7, 11) is 0. The summed E-state index contributed by atoms with van der Waals surface area (Å²) in [6, 6.07) is 3.61. The largest absolute Gasteiger partial charge is 0.349 e. The van der Waals surface area contributed by atoms with E-state index in [1.807, 2.05) is 17.5 Å². The van der Waals surface area contributed by atoms with Gasteiger partial charge < -0.3 is 5.32 Å². The van der Waals surface area contributed by atoms with Crippen LogP contribution < -0.4 is 5.32 Å². The zero-order valence-electron chi connectivity index (χ0n) is 13.4. The molecule has 1 saturated heterocycles. The van der Waals surface area contributed by atoms with Gasteiger partial charge in [0.1, 0.15) is 6.04 Å². The summed E-state index contributed by atoms with van der Waals surface area (Å²) in [5.41, 5.74) is 1.89. The Bertz CT molecular complexity index is 637. The summed E-state index contributed by atoms with van der Waals surface area (Å²) in [5, 5.41) is 6.18. The number of aryl methyl sites for hydroxylation is 1. The minimum Gasteiger partial charge on any atom is -0.349 e. The predicted octanol–water partition coefficient (Wildman–Crippen LogP) is 2.55. The van der Waals surface area contributed by atoms with Gasteiger partial charge in [-0.2, -0.15) is 0 Å². The van der Waals surface area contributed by atoms with Crippen LogP contribution in [0.1, 0.15) is 42.1 Å². The van der Waals surface area contributed by atoms with E-state index in [9.17, 15) is 4.79 Å². The molecular weight excluding hydrogens is 308 g/mol. The number of aromatic nitrogens is 2. The van der Waals surface area contributed by atoms with Crippen molar-refractivity contribution in [2.24, 2.45) is 0 Å². The van der Waals surface area contributed by atoms with Crippen molar-refractivity contribution in [3.05, 3.63) is 46.2 Å².